The Morgan fingerprint density at radius 3 is 2.23 bits per heavy atom. The molecule has 35 heavy (non-hydrogen) atoms. The average Bonchev–Trinajstić information content (AvgIpc) is 3.48. The third-order valence-electron chi connectivity index (χ3n) is 7.17. The summed E-state index contributed by atoms with van der Waals surface area (Å²) < 4.78 is 11.0. The molecule has 0 aromatic heterocycles. The van der Waals surface area contributed by atoms with Crippen LogP contribution in [0.25, 0.3) is 11.1 Å². The van der Waals surface area contributed by atoms with Crippen LogP contribution in [0.4, 0.5) is 4.79 Å². The highest BCUT2D eigenvalue weighted by Gasteiger charge is 2.35. The molecular formula is C27H32N2O6. The maximum absolute atomic E-state index is 12.8. The van der Waals surface area contributed by atoms with Crippen LogP contribution in [0.1, 0.15) is 50.2 Å². The van der Waals surface area contributed by atoms with Gasteiger partial charge in [-0.15, -0.1) is 0 Å². The first-order chi connectivity index (χ1) is 16.8. The van der Waals surface area contributed by atoms with Crippen molar-refractivity contribution in [3.63, 3.8) is 0 Å². The molecule has 3 N–H and O–H groups in total. The third-order valence-corrected chi connectivity index (χ3v) is 7.17. The monoisotopic (exact) mass is 480 g/mol. The van der Waals surface area contributed by atoms with Gasteiger partial charge in [-0.2, -0.15) is 0 Å². The predicted molar refractivity (Wildman–Crippen MR) is 130 cm³/mol. The van der Waals surface area contributed by atoms with Gasteiger partial charge >= 0.3 is 12.1 Å². The Morgan fingerprint density at radius 2 is 1.66 bits per heavy atom. The number of carboxylic acid groups (broad SMARTS) is 1. The van der Waals surface area contributed by atoms with Gasteiger partial charge in [-0.25, -0.2) is 9.59 Å². The lowest BCUT2D eigenvalue weighted by atomic mass is 9.86. The van der Waals surface area contributed by atoms with Crippen molar-refractivity contribution in [2.45, 2.75) is 51.2 Å². The van der Waals surface area contributed by atoms with Crippen LogP contribution in [0, 0.1) is 5.41 Å². The molecule has 1 heterocycles. The number of nitrogens with one attached hydrogen (secondary N) is 2. The molecule has 0 saturated carbocycles. The molecule has 186 valence electrons. The maximum Gasteiger partial charge on any atom is 0.407 e. The number of alkyl carbamates (subject to hydrolysis) is 1. The van der Waals surface area contributed by atoms with Gasteiger partial charge in [0, 0.05) is 19.0 Å². The van der Waals surface area contributed by atoms with Crippen LogP contribution in [0.15, 0.2) is 48.5 Å². The van der Waals surface area contributed by atoms with Gasteiger partial charge in [0.2, 0.25) is 5.91 Å². The first-order valence-electron chi connectivity index (χ1n) is 12.1. The highest BCUT2D eigenvalue weighted by molar-refractivity contribution is 5.83. The predicted octanol–water partition coefficient (Wildman–Crippen LogP) is 3.69. The largest absolute Gasteiger partial charge is 0.479 e. The van der Waals surface area contributed by atoms with Gasteiger partial charge < -0.3 is 25.2 Å². The molecule has 1 saturated heterocycles. The lowest BCUT2D eigenvalue weighted by molar-refractivity contribution is -0.149. The smallest absolute Gasteiger partial charge is 0.407 e. The topological polar surface area (TPSA) is 114 Å². The van der Waals surface area contributed by atoms with Crippen LogP contribution in [0.5, 0.6) is 0 Å². The van der Waals surface area contributed by atoms with E-state index in [2.05, 4.69) is 34.9 Å². The highest BCUT2D eigenvalue weighted by atomic mass is 16.5. The zero-order valence-corrected chi connectivity index (χ0v) is 20.1. The summed E-state index contributed by atoms with van der Waals surface area (Å²) in [6, 6.07) is 16.3. The van der Waals surface area contributed by atoms with Crippen molar-refractivity contribution in [2.24, 2.45) is 5.41 Å². The molecule has 0 spiro atoms. The summed E-state index contributed by atoms with van der Waals surface area (Å²) in [4.78, 5) is 36.4. The molecule has 1 aliphatic carbocycles. The third kappa shape index (κ3) is 5.32. The molecule has 2 aromatic rings. The van der Waals surface area contributed by atoms with Gasteiger partial charge in [0.25, 0.3) is 0 Å². The summed E-state index contributed by atoms with van der Waals surface area (Å²) in [5.74, 6) is -1.24. The van der Waals surface area contributed by atoms with Crippen LogP contribution in [-0.4, -0.2) is 55.0 Å². The molecule has 2 aliphatic rings. The number of hydrogen-bond donors (Lipinski definition) is 3. The minimum absolute atomic E-state index is 0.0324. The molecule has 3 unspecified atom stereocenters. The minimum atomic E-state index is -0.982. The number of amides is 2. The van der Waals surface area contributed by atoms with Gasteiger partial charge in [-0.1, -0.05) is 55.5 Å². The summed E-state index contributed by atoms with van der Waals surface area (Å²) in [6.45, 7) is 4.23. The Bertz CT molecular complexity index is 1060. The van der Waals surface area contributed by atoms with Crippen LogP contribution < -0.4 is 10.6 Å². The van der Waals surface area contributed by atoms with Gasteiger partial charge in [-0.05, 0) is 48.4 Å². The Labute approximate surface area is 205 Å². The number of hydrogen-bond acceptors (Lipinski definition) is 5. The molecule has 4 rings (SSSR count). The number of ether oxygens (including phenoxy) is 2. The summed E-state index contributed by atoms with van der Waals surface area (Å²) in [7, 11) is 0. The van der Waals surface area contributed by atoms with E-state index >= 15 is 0 Å². The van der Waals surface area contributed by atoms with E-state index < -0.39 is 23.6 Å². The lowest BCUT2D eigenvalue weighted by Gasteiger charge is -2.28. The van der Waals surface area contributed by atoms with E-state index in [0.717, 1.165) is 22.3 Å². The quantitative estimate of drug-likeness (QED) is 0.504. The Balaban J connectivity index is 1.28. The number of aliphatic carboxylic acids is 1. The number of fused-ring (bicyclic) bond motifs is 3. The zero-order valence-electron chi connectivity index (χ0n) is 20.1. The Morgan fingerprint density at radius 1 is 1.03 bits per heavy atom. The fraction of sp³-hybridized carbons (Fsp3) is 0.444. The normalized spacial score (nSPS) is 20.4. The van der Waals surface area contributed by atoms with Crippen molar-refractivity contribution in [2.75, 3.05) is 19.7 Å². The van der Waals surface area contributed by atoms with Gasteiger partial charge in [0.1, 0.15) is 6.61 Å². The summed E-state index contributed by atoms with van der Waals surface area (Å²) >= 11 is 0. The molecular weight excluding hydrogens is 448 g/mol. The number of carbonyl (C=O) groups is 3. The fourth-order valence-corrected chi connectivity index (χ4v) is 4.74. The summed E-state index contributed by atoms with van der Waals surface area (Å²) in [6.07, 6.45) is -0.183. The molecule has 8 heteroatoms. The Kier molecular flexibility index (Phi) is 7.40. The van der Waals surface area contributed by atoms with Crippen LogP contribution >= 0.6 is 0 Å². The molecule has 1 aliphatic heterocycles. The van der Waals surface area contributed by atoms with Crippen LogP contribution in [0.2, 0.25) is 0 Å². The summed E-state index contributed by atoms with van der Waals surface area (Å²) in [5, 5.41) is 14.6. The number of carboxylic acids is 1. The first kappa shape index (κ1) is 24.7. The van der Waals surface area contributed by atoms with E-state index in [0.29, 0.717) is 19.3 Å². The van der Waals surface area contributed by atoms with Crippen molar-refractivity contribution in [3.05, 3.63) is 59.7 Å². The number of rotatable bonds is 9. The van der Waals surface area contributed by atoms with Gasteiger partial charge in [-0.3, -0.25) is 4.79 Å². The number of carbonyl (C=O) groups excluding carboxylic acids is 2. The lowest BCUT2D eigenvalue weighted by Crippen LogP contribution is -2.48. The van der Waals surface area contributed by atoms with Crippen LogP contribution in [0.3, 0.4) is 0 Å². The van der Waals surface area contributed by atoms with Crippen molar-refractivity contribution in [1.82, 2.24) is 10.6 Å². The molecule has 2 aromatic carbocycles. The molecule has 0 radical (unpaired) electrons. The molecule has 3 atom stereocenters. The highest BCUT2D eigenvalue weighted by Crippen LogP contribution is 2.44. The summed E-state index contributed by atoms with van der Waals surface area (Å²) in [5.41, 5.74) is 3.76. The molecule has 0 bridgehead atoms. The van der Waals surface area contributed by atoms with E-state index in [1.54, 1.807) is 6.92 Å². The first-order valence-corrected chi connectivity index (χ1v) is 12.1. The number of benzene rings is 2. The van der Waals surface area contributed by atoms with E-state index in [-0.39, 0.29) is 37.6 Å². The Hall–Kier alpha value is -3.39. The van der Waals surface area contributed by atoms with E-state index in [1.807, 2.05) is 31.2 Å². The maximum atomic E-state index is 12.8. The van der Waals surface area contributed by atoms with Crippen molar-refractivity contribution >= 4 is 18.0 Å². The fourth-order valence-electron chi connectivity index (χ4n) is 4.74. The second kappa shape index (κ2) is 10.5. The van der Waals surface area contributed by atoms with Gasteiger partial charge in [0.15, 0.2) is 6.10 Å². The van der Waals surface area contributed by atoms with E-state index in [9.17, 15) is 14.4 Å². The van der Waals surface area contributed by atoms with Gasteiger partial charge in [0.05, 0.1) is 11.5 Å². The minimum Gasteiger partial charge on any atom is -0.479 e. The second-order valence-electron chi connectivity index (χ2n) is 9.47. The van der Waals surface area contributed by atoms with E-state index in [1.165, 1.54) is 0 Å². The van der Waals surface area contributed by atoms with Crippen LogP contribution in [-0.2, 0) is 19.1 Å². The standard InChI is InChI=1S/C27H32N2O6/c1-3-27(2,25(32)28-14-17-12-13-23(35-17)24(30)31)16-29-26(33)34-15-22-20-10-6-4-8-18(20)19-9-5-7-11-21(19)22/h4-11,17,22-23H,3,12-16H2,1-2H3,(H,28,32)(H,29,33)(H,30,31). The molecule has 8 nitrogen and oxygen atoms in total. The molecule has 1 fully saturated rings. The SMILES string of the molecule is CCC(C)(CNC(=O)OCC1c2ccccc2-c2ccccc21)C(=O)NCC1CCC(C(=O)O)O1. The van der Waals surface area contributed by atoms with Crippen molar-refractivity contribution < 1.29 is 29.0 Å². The van der Waals surface area contributed by atoms with Crippen molar-refractivity contribution in [3.8, 4) is 11.1 Å². The zero-order chi connectivity index (χ0) is 25.0. The van der Waals surface area contributed by atoms with Crippen molar-refractivity contribution in [1.29, 1.82) is 0 Å². The second-order valence-corrected chi connectivity index (χ2v) is 9.47. The average molecular weight is 481 g/mol. The molecule has 2 amide bonds. The van der Waals surface area contributed by atoms with E-state index in [4.69, 9.17) is 14.6 Å².